The minimum atomic E-state index is 1.11. The third-order valence-electron chi connectivity index (χ3n) is 1.73. The largest absolute Gasteiger partial charge is 0.384 e. The van der Waals surface area contributed by atoms with Crippen molar-refractivity contribution >= 4 is 5.69 Å². The van der Waals surface area contributed by atoms with E-state index in [0.29, 0.717) is 0 Å². The van der Waals surface area contributed by atoms with E-state index in [-0.39, 0.29) is 0 Å². The van der Waals surface area contributed by atoms with Gasteiger partial charge in [-0.3, -0.25) is 0 Å². The summed E-state index contributed by atoms with van der Waals surface area (Å²) in [7, 11) is 4.50. The summed E-state index contributed by atoms with van der Waals surface area (Å²) in [6, 6.07) is 8.46. The van der Waals surface area contributed by atoms with Crippen LogP contribution in [0.4, 0.5) is 5.69 Å². The second-order valence-electron chi connectivity index (χ2n) is 2.33. The molecule has 1 aromatic carbocycles. The predicted molar refractivity (Wildman–Crippen MR) is 69.0 cm³/mol. The molecular weight excluding hydrogens is 188 g/mol. The third kappa shape index (κ3) is 6.06. The van der Waals surface area contributed by atoms with Crippen molar-refractivity contribution in [1.82, 2.24) is 0 Å². The molecule has 4 heteroatoms. The Hall–Kier alpha value is -1.10. The van der Waals surface area contributed by atoms with Gasteiger partial charge in [0.15, 0.2) is 0 Å². The van der Waals surface area contributed by atoms with E-state index in [1.807, 2.05) is 0 Å². The fourth-order valence-corrected chi connectivity index (χ4v) is 1.24. The molecular formula is C11H24N4. The van der Waals surface area contributed by atoms with Gasteiger partial charge in [0.2, 0.25) is 0 Å². The summed E-state index contributed by atoms with van der Waals surface area (Å²) < 4.78 is 0. The Morgan fingerprint density at radius 3 is 2.00 bits per heavy atom. The van der Waals surface area contributed by atoms with E-state index < -0.39 is 0 Å². The Morgan fingerprint density at radius 1 is 0.933 bits per heavy atom. The molecule has 0 bridgehead atoms. The first-order valence-electron chi connectivity index (χ1n) is 5.02. The molecule has 88 valence electrons. The van der Waals surface area contributed by atoms with E-state index in [9.17, 15) is 0 Å². The van der Waals surface area contributed by atoms with Crippen LogP contribution in [0.2, 0.25) is 0 Å². The van der Waals surface area contributed by atoms with E-state index in [0.717, 1.165) is 6.54 Å². The number of hydrogen-bond donors (Lipinski definition) is 4. The molecule has 0 fully saturated rings. The molecule has 7 N–H and O–H groups in total. The molecule has 0 amide bonds. The molecule has 0 unspecified atom stereocenters. The first-order valence-corrected chi connectivity index (χ1v) is 5.02. The van der Waals surface area contributed by atoms with E-state index in [1.54, 1.807) is 0 Å². The molecule has 1 aliphatic rings. The first-order chi connectivity index (χ1) is 7.47. The number of para-hydroxylation sites is 1. The minimum absolute atomic E-state index is 1.11. The van der Waals surface area contributed by atoms with Crippen LogP contribution in [0.15, 0.2) is 24.3 Å². The van der Waals surface area contributed by atoms with Crippen LogP contribution in [0.1, 0.15) is 5.56 Å². The van der Waals surface area contributed by atoms with Gasteiger partial charge in [-0.2, -0.15) is 0 Å². The summed E-state index contributed by atoms with van der Waals surface area (Å²) in [5.74, 6) is 0. The van der Waals surface area contributed by atoms with Gasteiger partial charge in [-0.05, 0) is 39.2 Å². The van der Waals surface area contributed by atoms with Crippen LogP contribution in [0, 0.1) is 0 Å². The smallest absolute Gasteiger partial charge is 0.0373 e. The summed E-state index contributed by atoms with van der Waals surface area (Å²) in [5, 5.41) is 3.30. The van der Waals surface area contributed by atoms with Crippen LogP contribution in [0.3, 0.4) is 0 Å². The fourth-order valence-electron chi connectivity index (χ4n) is 1.24. The molecule has 2 rings (SSSR count). The zero-order chi connectivity index (χ0) is 12.1. The maximum Gasteiger partial charge on any atom is 0.0373 e. The van der Waals surface area contributed by atoms with Gasteiger partial charge >= 0.3 is 0 Å². The molecule has 0 aromatic heterocycles. The highest BCUT2D eigenvalue weighted by Gasteiger charge is 2.05. The Morgan fingerprint density at radius 2 is 1.47 bits per heavy atom. The van der Waals surface area contributed by atoms with Crippen molar-refractivity contribution in [2.75, 3.05) is 33.0 Å². The highest BCUT2D eigenvalue weighted by molar-refractivity contribution is 5.54. The number of fused-ring (bicyclic) bond motifs is 1. The molecule has 0 atom stereocenters. The Kier molecular flexibility index (Phi) is 14.0. The standard InChI is InChI=1S/C8H9N.3CH5N/c1-2-4-8-7(3-1)5-6-9-8;3*1-2/h1-4,9H,5-6H2;3*2H2,1H3. The molecule has 0 radical (unpaired) electrons. The van der Waals surface area contributed by atoms with Crippen molar-refractivity contribution in [3.05, 3.63) is 29.8 Å². The summed E-state index contributed by atoms with van der Waals surface area (Å²) >= 11 is 0. The predicted octanol–water partition coefficient (Wildman–Crippen LogP) is 0.379. The number of anilines is 1. The lowest BCUT2D eigenvalue weighted by Gasteiger charge is -1.94. The van der Waals surface area contributed by atoms with Crippen molar-refractivity contribution < 1.29 is 0 Å². The van der Waals surface area contributed by atoms with Gasteiger partial charge in [-0.15, -0.1) is 0 Å². The van der Waals surface area contributed by atoms with Crippen molar-refractivity contribution in [3.63, 3.8) is 0 Å². The van der Waals surface area contributed by atoms with E-state index in [1.165, 1.54) is 38.8 Å². The zero-order valence-corrected chi connectivity index (χ0v) is 9.96. The van der Waals surface area contributed by atoms with Crippen molar-refractivity contribution in [1.29, 1.82) is 0 Å². The second-order valence-corrected chi connectivity index (χ2v) is 2.33. The van der Waals surface area contributed by atoms with Gasteiger partial charge in [0.25, 0.3) is 0 Å². The molecule has 0 saturated carbocycles. The zero-order valence-electron chi connectivity index (χ0n) is 9.96. The van der Waals surface area contributed by atoms with Gasteiger partial charge in [0.1, 0.15) is 0 Å². The van der Waals surface area contributed by atoms with Crippen LogP contribution >= 0.6 is 0 Å². The average molecular weight is 212 g/mol. The maximum atomic E-state index is 4.50. The van der Waals surface area contributed by atoms with Gasteiger partial charge in [-0.25, -0.2) is 0 Å². The van der Waals surface area contributed by atoms with Gasteiger partial charge in [0.05, 0.1) is 0 Å². The van der Waals surface area contributed by atoms with Crippen LogP contribution < -0.4 is 22.5 Å². The highest BCUT2D eigenvalue weighted by Crippen LogP contribution is 2.19. The van der Waals surface area contributed by atoms with Gasteiger partial charge in [0, 0.05) is 12.2 Å². The van der Waals surface area contributed by atoms with Crippen molar-refractivity contribution in [2.24, 2.45) is 17.2 Å². The summed E-state index contributed by atoms with van der Waals surface area (Å²) in [5.41, 5.74) is 16.3. The Bertz CT molecular complexity index is 203. The molecule has 1 aromatic rings. The van der Waals surface area contributed by atoms with E-state index in [4.69, 9.17) is 0 Å². The highest BCUT2D eigenvalue weighted by atomic mass is 14.9. The number of hydrogen-bond acceptors (Lipinski definition) is 4. The van der Waals surface area contributed by atoms with E-state index in [2.05, 4.69) is 46.8 Å². The lowest BCUT2D eigenvalue weighted by molar-refractivity contribution is 1.11. The fraction of sp³-hybridized carbons (Fsp3) is 0.455. The lowest BCUT2D eigenvalue weighted by atomic mass is 10.2. The van der Waals surface area contributed by atoms with Crippen molar-refractivity contribution in [2.45, 2.75) is 6.42 Å². The minimum Gasteiger partial charge on any atom is -0.384 e. The summed E-state index contributed by atoms with van der Waals surface area (Å²) in [4.78, 5) is 0. The van der Waals surface area contributed by atoms with Crippen LogP contribution in [0.25, 0.3) is 0 Å². The monoisotopic (exact) mass is 212 g/mol. The van der Waals surface area contributed by atoms with Crippen molar-refractivity contribution in [3.8, 4) is 0 Å². The molecule has 0 aliphatic carbocycles. The van der Waals surface area contributed by atoms with Gasteiger partial charge in [-0.1, -0.05) is 18.2 Å². The topological polar surface area (TPSA) is 90.1 Å². The molecule has 0 saturated heterocycles. The molecule has 1 aliphatic heterocycles. The molecule has 4 nitrogen and oxygen atoms in total. The van der Waals surface area contributed by atoms with Crippen LogP contribution in [-0.4, -0.2) is 27.7 Å². The Labute approximate surface area is 92.8 Å². The van der Waals surface area contributed by atoms with Crippen LogP contribution in [-0.2, 0) is 6.42 Å². The Balaban J connectivity index is 0. The third-order valence-corrected chi connectivity index (χ3v) is 1.73. The summed E-state index contributed by atoms with van der Waals surface area (Å²) in [6.07, 6.45) is 1.19. The molecule has 1 heterocycles. The lowest BCUT2D eigenvalue weighted by Crippen LogP contribution is -1.90. The second kappa shape index (κ2) is 12.9. The molecule has 15 heavy (non-hydrogen) atoms. The number of benzene rings is 1. The normalized spacial score (nSPS) is 10.0. The molecule has 0 spiro atoms. The van der Waals surface area contributed by atoms with Crippen LogP contribution in [0.5, 0.6) is 0 Å². The van der Waals surface area contributed by atoms with E-state index >= 15 is 0 Å². The quantitative estimate of drug-likeness (QED) is 0.500. The SMILES string of the molecule is CN.CN.CN.c1ccc2c(c1)CCN2. The number of nitrogens with two attached hydrogens (primary N) is 3. The summed E-state index contributed by atoms with van der Waals surface area (Å²) in [6.45, 7) is 1.11. The van der Waals surface area contributed by atoms with Gasteiger partial charge < -0.3 is 22.5 Å². The average Bonchev–Trinajstić information content (AvgIpc) is 2.85. The maximum absolute atomic E-state index is 4.50. The first kappa shape index (κ1) is 16.3. The number of rotatable bonds is 0. The number of nitrogens with one attached hydrogen (secondary N) is 1.